The minimum atomic E-state index is -0.794. The first kappa shape index (κ1) is 13.8. The fourth-order valence-electron chi connectivity index (χ4n) is 1.92. The molecule has 1 fully saturated rings. The van der Waals surface area contributed by atoms with Gasteiger partial charge in [0.05, 0.1) is 12.5 Å². The van der Waals surface area contributed by atoms with Crippen molar-refractivity contribution >= 4 is 23.5 Å². The van der Waals surface area contributed by atoms with Crippen LogP contribution in [0.4, 0.5) is 0 Å². The molecule has 0 radical (unpaired) electrons. The number of carboxylic acid groups (broad SMARTS) is 1. The van der Waals surface area contributed by atoms with Crippen molar-refractivity contribution in [3.63, 3.8) is 0 Å². The Kier molecular flexibility index (Phi) is 4.39. The van der Waals surface area contributed by atoms with Crippen molar-refractivity contribution in [1.82, 2.24) is 10.2 Å². The van der Waals surface area contributed by atoms with Gasteiger partial charge in [0.2, 0.25) is 5.91 Å². The Labute approximate surface area is 116 Å². The molecule has 0 aliphatic carbocycles. The van der Waals surface area contributed by atoms with E-state index in [9.17, 15) is 9.59 Å². The summed E-state index contributed by atoms with van der Waals surface area (Å²) in [5.74, 6) is -1.22. The first-order valence-electron chi connectivity index (χ1n) is 6.01. The van der Waals surface area contributed by atoms with Gasteiger partial charge in [-0.05, 0) is 17.7 Å². The Bertz CT molecular complexity index is 469. The van der Waals surface area contributed by atoms with Gasteiger partial charge >= 0.3 is 5.97 Å². The van der Waals surface area contributed by atoms with E-state index in [0.29, 0.717) is 24.7 Å². The Morgan fingerprint density at radius 1 is 1.32 bits per heavy atom. The van der Waals surface area contributed by atoms with E-state index in [1.807, 2.05) is 17.0 Å². The number of likely N-dealkylation sites (tertiary alicyclic amines) is 1. The van der Waals surface area contributed by atoms with Gasteiger partial charge in [0.15, 0.2) is 0 Å². The van der Waals surface area contributed by atoms with Crippen molar-refractivity contribution in [2.24, 2.45) is 5.92 Å². The van der Waals surface area contributed by atoms with Gasteiger partial charge < -0.3 is 10.4 Å². The van der Waals surface area contributed by atoms with Crippen LogP contribution in [0.2, 0.25) is 5.02 Å². The first-order chi connectivity index (χ1) is 9.04. The van der Waals surface area contributed by atoms with Crippen molar-refractivity contribution in [1.29, 1.82) is 0 Å². The fraction of sp³-hybridized carbons (Fsp3) is 0.385. The lowest BCUT2D eigenvalue weighted by Crippen LogP contribution is -2.53. The van der Waals surface area contributed by atoms with Crippen LogP contribution in [0.3, 0.4) is 0 Å². The summed E-state index contributed by atoms with van der Waals surface area (Å²) in [6, 6.07) is 7.26. The Hall–Kier alpha value is -1.59. The number of carboxylic acids is 1. The maximum Gasteiger partial charge on any atom is 0.309 e. The third kappa shape index (κ3) is 3.94. The molecule has 1 aromatic carbocycles. The highest BCUT2D eigenvalue weighted by Gasteiger charge is 2.33. The molecule has 0 spiro atoms. The quantitative estimate of drug-likeness (QED) is 0.844. The average Bonchev–Trinajstić information content (AvgIpc) is 2.32. The molecule has 1 aromatic rings. The van der Waals surface area contributed by atoms with Gasteiger partial charge in [-0.15, -0.1) is 0 Å². The summed E-state index contributed by atoms with van der Waals surface area (Å²) in [7, 11) is 0. The molecule has 2 rings (SSSR count). The number of amides is 1. The van der Waals surface area contributed by atoms with E-state index in [-0.39, 0.29) is 18.4 Å². The second kappa shape index (κ2) is 6.04. The molecule has 0 atom stereocenters. The molecule has 0 bridgehead atoms. The number of carbonyl (C=O) groups excluding carboxylic acids is 1. The van der Waals surface area contributed by atoms with E-state index in [4.69, 9.17) is 16.7 Å². The van der Waals surface area contributed by atoms with Crippen LogP contribution in [0.5, 0.6) is 0 Å². The predicted molar refractivity (Wildman–Crippen MR) is 70.9 cm³/mol. The van der Waals surface area contributed by atoms with Crippen LogP contribution in [-0.4, -0.2) is 41.5 Å². The average molecular weight is 283 g/mol. The molecule has 1 amide bonds. The lowest BCUT2D eigenvalue weighted by molar-refractivity contribution is -0.148. The van der Waals surface area contributed by atoms with Crippen LogP contribution in [0.25, 0.3) is 0 Å². The molecule has 0 aromatic heterocycles. The lowest BCUT2D eigenvalue weighted by Gasteiger charge is -2.35. The highest BCUT2D eigenvalue weighted by Crippen LogP contribution is 2.14. The normalized spacial score (nSPS) is 15.8. The van der Waals surface area contributed by atoms with E-state index in [1.165, 1.54) is 0 Å². The summed E-state index contributed by atoms with van der Waals surface area (Å²) >= 11 is 5.77. The number of hydrogen-bond donors (Lipinski definition) is 2. The Morgan fingerprint density at radius 3 is 2.53 bits per heavy atom. The number of rotatable bonds is 5. The molecule has 1 aliphatic heterocycles. The van der Waals surface area contributed by atoms with Gasteiger partial charge in [-0.3, -0.25) is 14.5 Å². The number of aliphatic carboxylic acids is 1. The molecule has 6 heteroatoms. The number of hydrogen-bond acceptors (Lipinski definition) is 3. The maximum atomic E-state index is 11.6. The van der Waals surface area contributed by atoms with Crippen LogP contribution in [-0.2, 0) is 16.1 Å². The summed E-state index contributed by atoms with van der Waals surface area (Å²) in [4.78, 5) is 24.1. The number of halogens is 1. The van der Waals surface area contributed by atoms with Crippen LogP contribution in [0.15, 0.2) is 24.3 Å². The topological polar surface area (TPSA) is 69.6 Å². The van der Waals surface area contributed by atoms with Crippen molar-refractivity contribution in [2.45, 2.75) is 6.54 Å². The van der Waals surface area contributed by atoms with Crippen molar-refractivity contribution in [3.8, 4) is 0 Å². The van der Waals surface area contributed by atoms with E-state index in [1.54, 1.807) is 12.1 Å². The van der Waals surface area contributed by atoms with Crippen LogP contribution >= 0.6 is 11.6 Å². The second-order valence-corrected chi connectivity index (χ2v) is 5.07. The van der Waals surface area contributed by atoms with Gasteiger partial charge in [0, 0.05) is 24.7 Å². The van der Waals surface area contributed by atoms with Crippen molar-refractivity contribution in [3.05, 3.63) is 34.9 Å². The van der Waals surface area contributed by atoms with Crippen molar-refractivity contribution in [2.75, 3.05) is 19.6 Å². The molecule has 19 heavy (non-hydrogen) atoms. The first-order valence-corrected chi connectivity index (χ1v) is 6.38. The maximum absolute atomic E-state index is 11.6. The lowest BCUT2D eigenvalue weighted by atomic mass is 10.0. The Morgan fingerprint density at radius 2 is 1.95 bits per heavy atom. The van der Waals surface area contributed by atoms with Crippen molar-refractivity contribution < 1.29 is 14.7 Å². The molecule has 1 aliphatic rings. The van der Waals surface area contributed by atoms with Crippen LogP contribution in [0, 0.1) is 5.92 Å². The monoisotopic (exact) mass is 282 g/mol. The molecule has 102 valence electrons. The summed E-state index contributed by atoms with van der Waals surface area (Å²) in [5, 5.41) is 12.2. The summed E-state index contributed by atoms with van der Waals surface area (Å²) in [6.07, 6.45) is 0. The Balaban J connectivity index is 1.68. The molecule has 1 saturated heterocycles. The third-order valence-corrected chi connectivity index (χ3v) is 3.33. The summed E-state index contributed by atoms with van der Waals surface area (Å²) < 4.78 is 0. The van der Waals surface area contributed by atoms with E-state index < -0.39 is 5.97 Å². The summed E-state index contributed by atoms with van der Waals surface area (Å²) in [5.41, 5.74) is 0.977. The molecular weight excluding hydrogens is 268 g/mol. The standard InChI is InChI=1S/C13H15ClN2O3/c14-11-3-1-9(2-4-11)5-15-12(17)8-16-6-10(7-16)13(18)19/h1-4,10H,5-8H2,(H,15,17)(H,18,19). The largest absolute Gasteiger partial charge is 0.481 e. The third-order valence-electron chi connectivity index (χ3n) is 3.08. The number of nitrogens with one attached hydrogen (secondary N) is 1. The molecule has 1 heterocycles. The van der Waals surface area contributed by atoms with Gasteiger partial charge in [-0.1, -0.05) is 23.7 Å². The fourth-order valence-corrected chi connectivity index (χ4v) is 2.04. The van der Waals surface area contributed by atoms with Gasteiger partial charge in [-0.25, -0.2) is 0 Å². The van der Waals surface area contributed by atoms with Gasteiger partial charge in [0.25, 0.3) is 0 Å². The predicted octanol–water partition coefficient (Wildman–Crippen LogP) is 0.973. The molecule has 2 N–H and O–H groups in total. The molecule has 0 unspecified atom stereocenters. The van der Waals surface area contributed by atoms with E-state index in [2.05, 4.69) is 5.32 Å². The number of nitrogens with zero attached hydrogens (tertiary/aromatic N) is 1. The molecule has 0 saturated carbocycles. The minimum Gasteiger partial charge on any atom is -0.481 e. The zero-order chi connectivity index (χ0) is 13.8. The van der Waals surface area contributed by atoms with E-state index in [0.717, 1.165) is 5.56 Å². The van der Waals surface area contributed by atoms with Gasteiger partial charge in [0.1, 0.15) is 0 Å². The molecular formula is C13H15ClN2O3. The zero-order valence-corrected chi connectivity index (χ0v) is 11.1. The zero-order valence-electron chi connectivity index (χ0n) is 10.3. The SMILES string of the molecule is O=C(CN1CC(C(=O)O)C1)NCc1ccc(Cl)cc1. The highest BCUT2D eigenvalue weighted by atomic mass is 35.5. The molecule has 5 nitrogen and oxygen atoms in total. The second-order valence-electron chi connectivity index (χ2n) is 4.63. The smallest absolute Gasteiger partial charge is 0.309 e. The number of carbonyl (C=O) groups is 2. The highest BCUT2D eigenvalue weighted by molar-refractivity contribution is 6.30. The van der Waals surface area contributed by atoms with Gasteiger partial charge in [-0.2, -0.15) is 0 Å². The van der Waals surface area contributed by atoms with Crippen LogP contribution < -0.4 is 5.32 Å². The minimum absolute atomic E-state index is 0.0983. The van der Waals surface area contributed by atoms with E-state index >= 15 is 0 Å². The summed E-state index contributed by atoms with van der Waals surface area (Å²) in [6.45, 7) is 1.59. The number of benzene rings is 1. The van der Waals surface area contributed by atoms with Crippen LogP contribution in [0.1, 0.15) is 5.56 Å².